The van der Waals surface area contributed by atoms with Gasteiger partial charge in [-0.15, -0.1) is 0 Å². The summed E-state index contributed by atoms with van der Waals surface area (Å²) in [7, 11) is 1.62. The van der Waals surface area contributed by atoms with Gasteiger partial charge in [0, 0.05) is 29.3 Å². The fourth-order valence-electron chi connectivity index (χ4n) is 5.46. The zero-order valence-corrected chi connectivity index (χ0v) is 22.0. The number of aliphatic imine (C=N–C) groups is 1. The molecule has 0 saturated carbocycles. The van der Waals surface area contributed by atoms with Crippen LogP contribution >= 0.6 is 0 Å². The maximum atomic E-state index is 13.7. The number of ketones is 1. The molecule has 7 nitrogen and oxygen atoms in total. The van der Waals surface area contributed by atoms with E-state index < -0.39 is 17.8 Å². The minimum Gasteiger partial charge on any atom is -0.508 e. The van der Waals surface area contributed by atoms with Crippen LogP contribution in [-0.4, -0.2) is 42.9 Å². The molecule has 0 saturated heterocycles. The van der Waals surface area contributed by atoms with Crippen molar-refractivity contribution in [3.05, 3.63) is 101 Å². The van der Waals surface area contributed by atoms with Gasteiger partial charge in [-0.2, -0.15) is 0 Å². The number of ether oxygens (including phenoxy) is 3. The minimum atomic E-state index is -0.788. The Hall–Kier alpha value is -4.39. The van der Waals surface area contributed by atoms with Crippen molar-refractivity contribution < 1.29 is 28.9 Å². The van der Waals surface area contributed by atoms with Crippen LogP contribution in [0.1, 0.15) is 42.7 Å². The fourth-order valence-corrected chi connectivity index (χ4v) is 5.46. The topological polar surface area (TPSA) is 94.4 Å². The highest BCUT2D eigenvalue weighted by molar-refractivity contribution is 6.09. The molecule has 0 fully saturated rings. The molecule has 1 unspecified atom stereocenters. The average molecular weight is 526 g/mol. The van der Waals surface area contributed by atoms with Crippen LogP contribution in [0.2, 0.25) is 0 Å². The number of para-hydroxylation sites is 1. The first kappa shape index (κ1) is 26.2. The van der Waals surface area contributed by atoms with E-state index in [1.807, 2.05) is 60.7 Å². The second-order valence-corrected chi connectivity index (χ2v) is 9.79. The summed E-state index contributed by atoms with van der Waals surface area (Å²) in [6, 6.07) is 23.8. The highest BCUT2D eigenvalue weighted by Crippen LogP contribution is 2.47. The van der Waals surface area contributed by atoms with E-state index in [4.69, 9.17) is 19.2 Å². The molecule has 1 aliphatic carbocycles. The van der Waals surface area contributed by atoms with Crippen molar-refractivity contribution in [3.63, 3.8) is 0 Å². The molecule has 1 heterocycles. The monoisotopic (exact) mass is 525 g/mol. The van der Waals surface area contributed by atoms with E-state index in [0.717, 1.165) is 11.3 Å². The normalized spacial score (nSPS) is 20.6. The molecule has 200 valence electrons. The van der Waals surface area contributed by atoms with Crippen LogP contribution in [0.3, 0.4) is 0 Å². The number of benzene rings is 3. The van der Waals surface area contributed by atoms with E-state index in [2.05, 4.69) is 0 Å². The molecular formula is C32H31NO6. The van der Waals surface area contributed by atoms with Crippen molar-refractivity contribution >= 4 is 17.5 Å². The Kier molecular flexibility index (Phi) is 7.77. The van der Waals surface area contributed by atoms with E-state index in [1.165, 1.54) is 0 Å². The lowest BCUT2D eigenvalue weighted by Crippen LogP contribution is -2.38. The van der Waals surface area contributed by atoms with Gasteiger partial charge in [0.05, 0.1) is 7.11 Å². The number of nitrogens with zero attached hydrogens (tertiary/aromatic N) is 1. The van der Waals surface area contributed by atoms with Crippen molar-refractivity contribution in [1.82, 2.24) is 0 Å². The standard InChI is InChI=1S/C32H31NO6/c1-20-29(32(36)39-16-15-38-26-9-4-3-5-10-26)30(22-7-6-8-24(34)17-22)31-27(33-20)18-23(19-28(31)35)21-11-13-25(37-2)14-12-21/h3-14,17,23,29-30,34H,15-16,18-19H2,1-2H3/t23-,29?,30+/m0/s1. The van der Waals surface area contributed by atoms with Crippen LogP contribution in [-0.2, 0) is 14.3 Å². The van der Waals surface area contributed by atoms with Gasteiger partial charge in [0.25, 0.3) is 0 Å². The molecule has 5 rings (SSSR count). The first-order valence-corrected chi connectivity index (χ1v) is 13.0. The van der Waals surface area contributed by atoms with Gasteiger partial charge in [-0.25, -0.2) is 0 Å². The van der Waals surface area contributed by atoms with Gasteiger partial charge >= 0.3 is 5.97 Å². The summed E-state index contributed by atoms with van der Waals surface area (Å²) in [5, 5.41) is 10.2. The number of aromatic hydroxyl groups is 1. The highest BCUT2D eigenvalue weighted by Gasteiger charge is 2.44. The molecular weight excluding hydrogens is 494 g/mol. The number of esters is 1. The molecule has 0 spiro atoms. The number of methoxy groups -OCH3 is 1. The second kappa shape index (κ2) is 11.6. The first-order valence-electron chi connectivity index (χ1n) is 13.0. The minimum absolute atomic E-state index is 0.0258. The SMILES string of the molecule is COc1ccc([C@@H]2CC(=O)C3=C(C2)N=C(C)C(C(=O)OCCOc2ccccc2)[C@H]3c2cccc(O)c2)cc1. The van der Waals surface area contributed by atoms with E-state index in [9.17, 15) is 14.7 Å². The highest BCUT2D eigenvalue weighted by atomic mass is 16.6. The molecule has 3 aromatic rings. The van der Waals surface area contributed by atoms with Crippen LogP contribution in [0, 0.1) is 5.92 Å². The number of rotatable bonds is 8. The largest absolute Gasteiger partial charge is 0.508 e. The number of allylic oxidation sites excluding steroid dienone is 2. The third-order valence-electron chi connectivity index (χ3n) is 7.30. The van der Waals surface area contributed by atoms with Crippen LogP contribution in [0.25, 0.3) is 0 Å². The van der Waals surface area contributed by atoms with Crippen LogP contribution in [0.4, 0.5) is 0 Å². The van der Waals surface area contributed by atoms with Crippen molar-refractivity contribution in [2.24, 2.45) is 10.9 Å². The maximum absolute atomic E-state index is 13.7. The van der Waals surface area contributed by atoms with E-state index >= 15 is 0 Å². The Morgan fingerprint density at radius 2 is 1.69 bits per heavy atom. The number of carbonyl (C=O) groups excluding carboxylic acids is 2. The molecule has 7 heteroatoms. The lowest BCUT2D eigenvalue weighted by Gasteiger charge is -2.36. The Labute approximate surface area is 227 Å². The predicted molar refractivity (Wildman–Crippen MR) is 147 cm³/mol. The van der Waals surface area contributed by atoms with Gasteiger partial charge < -0.3 is 19.3 Å². The Bertz CT molecular complexity index is 1410. The summed E-state index contributed by atoms with van der Waals surface area (Å²) >= 11 is 0. The summed E-state index contributed by atoms with van der Waals surface area (Å²) in [5.74, 6) is -0.424. The second-order valence-electron chi connectivity index (χ2n) is 9.79. The zero-order valence-electron chi connectivity index (χ0n) is 22.0. The summed E-state index contributed by atoms with van der Waals surface area (Å²) in [6.07, 6.45) is 0.883. The van der Waals surface area contributed by atoms with Gasteiger partial charge in [0.2, 0.25) is 0 Å². The van der Waals surface area contributed by atoms with Gasteiger partial charge in [-0.3, -0.25) is 14.6 Å². The quantitative estimate of drug-likeness (QED) is 0.304. The van der Waals surface area contributed by atoms with E-state index in [0.29, 0.717) is 41.1 Å². The smallest absolute Gasteiger partial charge is 0.315 e. The van der Waals surface area contributed by atoms with Crippen molar-refractivity contribution in [2.75, 3.05) is 20.3 Å². The van der Waals surface area contributed by atoms with Crippen LogP contribution < -0.4 is 9.47 Å². The number of carbonyl (C=O) groups is 2. The molecule has 1 aliphatic heterocycles. The van der Waals surface area contributed by atoms with Gasteiger partial charge in [-0.05, 0) is 66.8 Å². The van der Waals surface area contributed by atoms with Gasteiger partial charge in [-0.1, -0.05) is 42.5 Å². The molecule has 0 amide bonds. The summed E-state index contributed by atoms with van der Waals surface area (Å²) in [4.78, 5) is 32.0. The van der Waals surface area contributed by atoms with Gasteiger partial charge in [0.1, 0.15) is 36.4 Å². The van der Waals surface area contributed by atoms with Crippen LogP contribution in [0.15, 0.2) is 95.1 Å². The molecule has 1 N–H and O–H groups in total. The van der Waals surface area contributed by atoms with Crippen LogP contribution in [0.5, 0.6) is 17.2 Å². The Morgan fingerprint density at radius 3 is 2.41 bits per heavy atom. The summed E-state index contributed by atoms with van der Waals surface area (Å²) in [6.45, 7) is 2.06. The van der Waals surface area contributed by atoms with Gasteiger partial charge in [0.15, 0.2) is 5.78 Å². The molecule has 3 aromatic carbocycles. The third-order valence-corrected chi connectivity index (χ3v) is 7.30. The lowest BCUT2D eigenvalue weighted by molar-refractivity contribution is -0.147. The predicted octanol–water partition coefficient (Wildman–Crippen LogP) is 5.60. The first-order chi connectivity index (χ1) is 18.9. The fraction of sp³-hybridized carbons (Fsp3) is 0.281. The zero-order chi connectivity index (χ0) is 27.4. The van der Waals surface area contributed by atoms with Crippen molar-refractivity contribution in [1.29, 1.82) is 0 Å². The number of phenolic OH excluding ortho intramolecular Hbond substituents is 1. The Morgan fingerprint density at radius 1 is 0.923 bits per heavy atom. The third kappa shape index (κ3) is 5.72. The van der Waals surface area contributed by atoms with E-state index in [1.54, 1.807) is 32.2 Å². The summed E-state index contributed by atoms with van der Waals surface area (Å²) < 4.78 is 16.6. The number of Topliss-reactive ketones (excluding diaryl/α,β-unsaturated/α-hetero) is 1. The number of phenols is 1. The lowest BCUT2D eigenvalue weighted by atomic mass is 9.69. The molecule has 0 bridgehead atoms. The summed E-state index contributed by atoms with van der Waals surface area (Å²) in [5.41, 5.74) is 3.51. The molecule has 0 radical (unpaired) electrons. The molecule has 2 aliphatic rings. The Balaban J connectivity index is 1.41. The van der Waals surface area contributed by atoms with Crippen molar-refractivity contribution in [2.45, 2.75) is 31.6 Å². The molecule has 0 aromatic heterocycles. The average Bonchev–Trinajstić information content (AvgIpc) is 2.95. The van der Waals surface area contributed by atoms with Crippen molar-refractivity contribution in [3.8, 4) is 17.2 Å². The molecule has 39 heavy (non-hydrogen) atoms. The number of hydrogen-bond donors (Lipinski definition) is 1. The molecule has 3 atom stereocenters. The number of hydrogen-bond acceptors (Lipinski definition) is 7. The maximum Gasteiger partial charge on any atom is 0.315 e. The van der Waals surface area contributed by atoms with E-state index in [-0.39, 0.29) is 30.7 Å².